The van der Waals surface area contributed by atoms with Gasteiger partial charge in [0.25, 0.3) is 17.2 Å². The number of methoxy groups -OCH3 is 2. The Balaban J connectivity index is 1.45. The van der Waals surface area contributed by atoms with E-state index in [1.54, 1.807) is 74.7 Å². The molecule has 0 saturated carbocycles. The molecule has 0 radical (unpaired) electrons. The van der Waals surface area contributed by atoms with Crippen LogP contribution in [0.15, 0.2) is 110 Å². The molecule has 0 spiro atoms. The summed E-state index contributed by atoms with van der Waals surface area (Å²) in [6.45, 7) is 1.74. The largest absolute Gasteiger partial charge is 0.497 e. The van der Waals surface area contributed by atoms with Gasteiger partial charge in [-0.3, -0.25) is 24.3 Å². The molecule has 2 aromatic heterocycles. The van der Waals surface area contributed by atoms with E-state index in [0.717, 1.165) is 11.3 Å². The monoisotopic (exact) mass is 622 g/mol. The second-order valence-corrected chi connectivity index (χ2v) is 11.0. The standard InChI is InChI=1S/C33H26N4O7S/c1-19-29(31(38)35-21-9-5-4-6-10-21)30(20-8-7-11-22(16-20)42-2)36-32(39)28(45-33(36)34-19)18-24-13-15-27(44-24)25-14-12-23(43-3)17-26(25)37(40)41/h4-18,30H,1-3H3,(H,35,38)/b28-18-/t30-/m0/s1. The summed E-state index contributed by atoms with van der Waals surface area (Å²) in [6, 6.07) is 23.2. The van der Waals surface area contributed by atoms with E-state index in [9.17, 15) is 19.7 Å². The Morgan fingerprint density at radius 1 is 1.02 bits per heavy atom. The van der Waals surface area contributed by atoms with Crippen LogP contribution < -0.4 is 29.7 Å². The minimum atomic E-state index is -0.795. The van der Waals surface area contributed by atoms with Crippen LogP contribution in [0.2, 0.25) is 0 Å². The number of anilines is 1. The third-order valence-corrected chi connectivity index (χ3v) is 8.26. The van der Waals surface area contributed by atoms with Crippen LogP contribution in [0, 0.1) is 10.1 Å². The maximum absolute atomic E-state index is 14.0. The number of ether oxygens (including phenoxy) is 2. The number of nitrogens with zero attached hydrogens (tertiary/aromatic N) is 3. The molecule has 1 atom stereocenters. The highest BCUT2D eigenvalue weighted by molar-refractivity contribution is 7.07. The lowest BCUT2D eigenvalue weighted by molar-refractivity contribution is -0.384. The average molecular weight is 623 g/mol. The van der Waals surface area contributed by atoms with Gasteiger partial charge in [0.05, 0.1) is 52.6 Å². The number of amides is 1. The lowest BCUT2D eigenvalue weighted by atomic mass is 9.95. The van der Waals surface area contributed by atoms with Crippen LogP contribution in [0.5, 0.6) is 11.5 Å². The maximum atomic E-state index is 14.0. The molecule has 6 rings (SSSR count). The Labute approximate surface area is 260 Å². The van der Waals surface area contributed by atoms with E-state index in [0.29, 0.717) is 49.1 Å². The van der Waals surface area contributed by atoms with Crippen LogP contribution in [0.4, 0.5) is 11.4 Å². The molecule has 3 heterocycles. The molecule has 0 bridgehead atoms. The number of allylic oxidation sites excluding steroid dienone is 1. The number of para-hydroxylation sites is 1. The Kier molecular flexibility index (Phi) is 7.88. The number of aromatic nitrogens is 1. The first-order chi connectivity index (χ1) is 21.8. The van der Waals surface area contributed by atoms with Crippen LogP contribution >= 0.6 is 11.3 Å². The van der Waals surface area contributed by atoms with E-state index < -0.39 is 11.0 Å². The topological polar surface area (TPSA) is 138 Å². The summed E-state index contributed by atoms with van der Waals surface area (Å²) < 4.78 is 18.3. The van der Waals surface area contributed by atoms with Crippen LogP contribution in [-0.4, -0.2) is 29.6 Å². The van der Waals surface area contributed by atoms with Crippen molar-refractivity contribution in [2.45, 2.75) is 13.0 Å². The highest BCUT2D eigenvalue weighted by Crippen LogP contribution is 2.35. The number of rotatable bonds is 8. The van der Waals surface area contributed by atoms with E-state index in [-0.39, 0.29) is 28.5 Å². The van der Waals surface area contributed by atoms with Crippen molar-refractivity contribution in [2.24, 2.45) is 4.99 Å². The molecule has 0 unspecified atom stereocenters. The number of carbonyl (C=O) groups excluding carboxylic acids is 1. The first kappa shape index (κ1) is 29.3. The lowest BCUT2D eigenvalue weighted by Gasteiger charge is -2.25. The lowest BCUT2D eigenvalue weighted by Crippen LogP contribution is -2.40. The maximum Gasteiger partial charge on any atom is 0.284 e. The quantitative estimate of drug-likeness (QED) is 0.189. The third kappa shape index (κ3) is 5.66. The summed E-state index contributed by atoms with van der Waals surface area (Å²) in [6.07, 6.45) is 1.56. The van der Waals surface area contributed by atoms with Crippen LogP contribution in [0.25, 0.3) is 17.4 Å². The van der Waals surface area contributed by atoms with Crippen molar-refractivity contribution in [1.29, 1.82) is 0 Å². The van der Waals surface area contributed by atoms with Gasteiger partial charge in [-0.25, -0.2) is 4.99 Å². The van der Waals surface area contributed by atoms with Gasteiger partial charge < -0.3 is 19.2 Å². The SMILES string of the molecule is COc1cccc([C@H]2C(C(=O)Nc3ccccc3)=C(C)N=c3s/c(=C\c4ccc(-c5ccc(OC)cc5[N+](=O)[O-])o4)c(=O)n32)c1. The fraction of sp³-hybridized carbons (Fsp3) is 0.121. The van der Waals surface area contributed by atoms with Gasteiger partial charge in [0, 0.05) is 11.8 Å². The number of hydrogen-bond donors (Lipinski definition) is 1. The van der Waals surface area contributed by atoms with Crippen LogP contribution in [0.3, 0.4) is 0 Å². The smallest absolute Gasteiger partial charge is 0.284 e. The molecule has 5 aromatic rings. The third-order valence-electron chi connectivity index (χ3n) is 7.27. The number of fused-ring (bicyclic) bond motifs is 1. The van der Waals surface area contributed by atoms with Gasteiger partial charge in [-0.15, -0.1) is 0 Å². The van der Waals surface area contributed by atoms with E-state index in [2.05, 4.69) is 10.3 Å². The molecule has 1 amide bonds. The molecule has 12 heteroatoms. The molecule has 226 valence electrons. The molecule has 11 nitrogen and oxygen atoms in total. The highest BCUT2D eigenvalue weighted by atomic mass is 32.1. The summed E-state index contributed by atoms with van der Waals surface area (Å²) in [7, 11) is 2.98. The first-order valence-electron chi connectivity index (χ1n) is 13.7. The zero-order valence-corrected chi connectivity index (χ0v) is 25.2. The van der Waals surface area contributed by atoms with Crippen molar-refractivity contribution in [2.75, 3.05) is 19.5 Å². The van der Waals surface area contributed by atoms with Gasteiger partial charge in [0.1, 0.15) is 23.0 Å². The van der Waals surface area contributed by atoms with Crippen molar-refractivity contribution < 1.29 is 23.6 Å². The molecular formula is C33H26N4O7S. The summed E-state index contributed by atoms with van der Waals surface area (Å²) in [5, 5.41) is 14.6. The van der Waals surface area contributed by atoms with Gasteiger partial charge in [0.2, 0.25) is 0 Å². The molecule has 0 fully saturated rings. The highest BCUT2D eigenvalue weighted by Gasteiger charge is 2.33. The predicted molar refractivity (Wildman–Crippen MR) is 169 cm³/mol. The second-order valence-electron chi connectivity index (χ2n) is 10.0. The van der Waals surface area contributed by atoms with Gasteiger partial charge in [0.15, 0.2) is 4.80 Å². The molecule has 0 saturated heterocycles. The van der Waals surface area contributed by atoms with Crippen molar-refractivity contribution in [1.82, 2.24) is 4.57 Å². The first-order valence-corrected chi connectivity index (χ1v) is 14.5. The minimum Gasteiger partial charge on any atom is -0.497 e. The average Bonchev–Trinajstić information content (AvgIpc) is 3.64. The predicted octanol–water partition coefficient (Wildman–Crippen LogP) is 5.06. The Morgan fingerprint density at radius 3 is 2.51 bits per heavy atom. The number of thiazole rings is 1. The zero-order chi connectivity index (χ0) is 31.7. The molecule has 1 N–H and O–H groups in total. The van der Waals surface area contributed by atoms with Crippen LogP contribution in [0.1, 0.15) is 24.3 Å². The zero-order valence-electron chi connectivity index (χ0n) is 24.3. The minimum absolute atomic E-state index is 0.176. The van der Waals surface area contributed by atoms with Crippen LogP contribution in [-0.2, 0) is 4.79 Å². The van der Waals surface area contributed by atoms with Gasteiger partial charge in [-0.2, -0.15) is 0 Å². The Bertz CT molecular complexity index is 2160. The van der Waals surface area contributed by atoms with Gasteiger partial charge in [-0.05, 0) is 61.0 Å². The molecular weight excluding hydrogens is 596 g/mol. The van der Waals surface area contributed by atoms with E-state index in [4.69, 9.17) is 13.9 Å². The number of nitro groups is 1. The van der Waals surface area contributed by atoms with E-state index in [1.807, 2.05) is 24.3 Å². The number of carbonyl (C=O) groups is 1. The van der Waals surface area contributed by atoms with Crippen molar-refractivity contribution in [3.05, 3.63) is 137 Å². The summed E-state index contributed by atoms with van der Waals surface area (Å²) in [5.74, 6) is 1.10. The molecule has 1 aliphatic rings. The molecule has 3 aromatic carbocycles. The number of hydrogen-bond acceptors (Lipinski definition) is 9. The van der Waals surface area contributed by atoms with Crippen molar-refractivity contribution in [3.63, 3.8) is 0 Å². The molecule has 0 aliphatic carbocycles. The summed E-state index contributed by atoms with van der Waals surface area (Å²) >= 11 is 1.15. The van der Waals surface area contributed by atoms with Crippen molar-refractivity contribution >= 4 is 34.7 Å². The summed E-state index contributed by atoms with van der Waals surface area (Å²) in [5.41, 5.74) is 1.78. The van der Waals surface area contributed by atoms with Gasteiger partial charge >= 0.3 is 0 Å². The molecule has 1 aliphatic heterocycles. The Hall–Kier alpha value is -5.75. The number of benzene rings is 3. The fourth-order valence-corrected chi connectivity index (χ4v) is 6.19. The fourth-order valence-electron chi connectivity index (χ4n) is 5.16. The number of furan rings is 1. The normalized spacial score (nSPS) is 14.5. The van der Waals surface area contributed by atoms with Crippen molar-refractivity contribution in [3.8, 4) is 22.8 Å². The van der Waals surface area contributed by atoms with E-state index >= 15 is 0 Å². The van der Waals surface area contributed by atoms with Gasteiger partial charge in [-0.1, -0.05) is 41.7 Å². The summed E-state index contributed by atoms with van der Waals surface area (Å²) in [4.78, 5) is 44.0. The molecule has 45 heavy (non-hydrogen) atoms. The Morgan fingerprint density at radius 2 is 1.78 bits per heavy atom. The second kappa shape index (κ2) is 12.1. The van der Waals surface area contributed by atoms with E-state index in [1.165, 1.54) is 17.7 Å². The number of nitrogens with one attached hydrogen (secondary N) is 1. The number of nitro benzene ring substituents is 1.